The smallest absolute Gasteiger partial charge is 0.227 e. The third-order valence-corrected chi connectivity index (χ3v) is 4.62. The summed E-state index contributed by atoms with van der Waals surface area (Å²) in [4.78, 5) is 24.3. The fraction of sp³-hybridized carbons (Fsp3) is 0.286. The van der Waals surface area contributed by atoms with Gasteiger partial charge in [-0.05, 0) is 35.7 Å². The van der Waals surface area contributed by atoms with Crippen molar-refractivity contribution >= 4 is 28.4 Å². The molecule has 2 aromatic carbocycles. The molecule has 6 heteroatoms. The summed E-state index contributed by atoms with van der Waals surface area (Å²) < 4.78 is 0. The second-order valence-electron chi connectivity index (χ2n) is 6.74. The lowest BCUT2D eigenvalue weighted by atomic mass is 10.1. The van der Waals surface area contributed by atoms with Crippen molar-refractivity contribution in [2.45, 2.75) is 33.2 Å². The SMILES string of the molecule is CCC(C)C(=O)Nc1cccc(CNC(=O)Cc2ccc3cn[nH]c3c2)c1. The Labute approximate surface area is 158 Å². The summed E-state index contributed by atoms with van der Waals surface area (Å²) in [7, 11) is 0. The Morgan fingerprint density at radius 2 is 2.00 bits per heavy atom. The molecule has 0 aliphatic rings. The van der Waals surface area contributed by atoms with Crippen LogP contribution in [0.2, 0.25) is 0 Å². The third kappa shape index (κ3) is 4.94. The predicted molar refractivity (Wildman–Crippen MR) is 106 cm³/mol. The van der Waals surface area contributed by atoms with E-state index in [2.05, 4.69) is 20.8 Å². The molecule has 0 aliphatic carbocycles. The van der Waals surface area contributed by atoms with Crippen LogP contribution < -0.4 is 10.6 Å². The van der Waals surface area contributed by atoms with E-state index >= 15 is 0 Å². The summed E-state index contributed by atoms with van der Waals surface area (Å²) in [5.74, 6) is -0.0728. The molecule has 0 saturated carbocycles. The number of carbonyl (C=O) groups is 2. The standard InChI is InChI=1S/C21H24N4O2/c1-3-14(2)21(27)24-18-6-4-5-16(9-18)12-22-20(26)11-15-7-8-17-13-23-25-19(17)10-15/h4-10,13-14H,3,11-12H2,1-2H3,(H,22,26)(H,23,25)(H,24,27). The van der Waals surface area contributed by atoms with Crippen molar-refractivity contribution in [2.24, 2.45) is 5.92 Å². The number of hydrogen-bond acceptors (Lipinski definition) is 3. The molecule has 1 atom stereocenters. The van der Waals surface area contributed by atoms with Crippen molar-refractivity contribution in [2.75, 3.05) is 5.32 Å². The van der Waals surface area contributed by atoms with Gasteiger partial charge in [0.2, 0.25) is 11.8 Å². The normalized spacial score (nSPS) is 11.9. The second kappa shape index (κ2) is 8.49. The zero-order valence-electron chi connectivity index (χ0n) is 15.6. The van der Waals surface area contributed by atoms with E-state index in [9.17, 15) is 9.59 Å². The van der Waals surface area contributed by atoms with E-state index in [1.54, 1.807) is 6.20 Å². The van der Waals surface area contributed by atoms with Gasteiger partial charge in [0.25, 0.3) is 0 Å². The van der Waals surface area contributed by atoms with Gasteiger partial charge in [0, 0.05) is 23.5 Å². The molecule has 1 heterocycles. The Kier molecular flexibility index (Phi) is 5.86. The van der Waals surface area contributed by atoms with E-state index in [-0.39, 0.29) is 17.7 Å². The van der Waals surface area contributed by atoms with Gasteiger partial charge in [-0.25, -0.2) is 0 Å². The van der Waals surface area contributed by atoms with Gasteiger partial charge in [0.05, 0.1) is 18.1 Å². The van der Waals surface area contributed by atoms with E-state index < -0.39 is 0 Å². The summed E-state index contributed by atoms with van der Waals surface area (Å²) in [6.07, 6.45) is 2.86. The Balaban J connectivity index is 1.55. The fourth-order valence-corrected chi connectivity index (χ4v) is 2.75. The van der Waals surface area contributed by atoms with Crippen molar-refractivity contribution in [3.8, 4) is 0 Å². The van der Waals surface area contributed by atoms with Crippen LogP contribution in [0.15, 0.2) is 48.7 Å². The molecule has 0 spiro atoms. The highest BCUT2D eigenvalue weighted by molar-refractivity contribution is 5.92. The number of aromatic nitrogens is 2. The van der Waals surface area contributed by atoms with Gasteiger partial charge in [-0.3, -0.25) is 14.7 Å². The van der Waals surface area contributed by atoms with Crippen molar-refractivity contribution in [1.29, 1.82) is 0 Å². The molecule has 3 aromatic rings. The third-order valence-electron chi connectivity index (χ3n) is 4.62. The molecule has 0 radical (unpaired) electrons. The van der Waals surface area contributed by atoms with Gasteiger partial charge in [0.15, 0.2) is 0 Å². The minimum absolute atomic E-state index is 0.00730. The second-order valence-corrected chi connectivity index (χ2v) is 6.74. The van der Waals surface area contributed by atoms with Crippen molar-refractivity contribution in [3.63, 3.8) is 0 Å². The molecule has 0 aliphatic heterocycles. The predicted octanol–water partition coefficient (Wildman–Crippen LogP) is 3.41. The van der Waals surface area contributed by atoms with Crippen LogP contribution in [0.3, 0.4) is 0 Å². The zero-order chi connectivity index (χ0) is 19.2. The molecule has 0 bridgehead atoms. The van der Waals surface area contributed by atoms with E-state index in [4.69, 9.17) is 0 Å². The van der Waals surface area contributed by atoms with Crippen LogP contribution in [0, 0.1) is 5.92 Å². The number of nitrogens with zero attached hydrogens (tertiary/aromatic N) is 1. The molecule has 6 nitrogen and oxygen atoms in total. The highest BCUT2D eigenvalue weighted by Gasteiger charge is 2.11. The van der Waals surface area contributed by atoms with Gasteiger partial charge in [0.1, 0.15) is 0 Å². The minimum atomic E-state index is -0.0529. The van der Waals surface area contributed by atoms with Gasteiger partial charge in [-0.15, -0.1) is 0 Å². The van der Waals surface area contributed by atoms with E-state index in [0.29, 0.717) is 13.0 Å². The van der Waals surface area contributed by atoms with Crippen LogP contribution in [-0.2, 0) is 22.6 Å². The monoisotopic (exact) mass is 364 g/mol. The highest BCUT2D eigenvalue weighted by Crippen LogP contribution is 2.14. The Morgan fingerprint density at radius 1 is 1.15 bits per heavy atom. The van der Waals surface area contributed by atoms with Gasteiger partial charge in [-0.1, -0.05) is 38.1 Å². The Hall–Kier alpha value is -3.15. The maximum Gasteiger partial charge on any atom is 0.227 e. The Morgan fingerprint density at radius 3 is 2.81 bits per heavy atom. The van der Waals surface area contributed by atoms with Gasteiger partial charge in [-0.2, -0.15) is 5.10 Å². The number of nitrogens with one attached hydrogen (secondary N) is 3. The highest BCUT2D eigenvalue weighted by atomic mass is 16.2. The molecular formula is C21H24N4O2. The topological polar surface area (TPSA) is 86.9 Å². The minimum Gasteiger partial charge on any atom is -0.352 e. The lowest BCUT2D eigenvalue weighted by Crippen LogP contribution is -2.24. The van der Waals surface area contributed by atoms with Crippen molar-refractivity contribution < 1.29 is 9.59 Å². The molecular weight excluding hydrogens is 340 g/mol. The number of anilines is 1. The first kappa shape index (κ1) is 18.6. The molecule has 3 rings (SSSR count). The molecule has 140 valence electrons. The van der Waals surface area contributed by atoms with Crippen LogP contribution in [0.1, 0.15) is 31.4 Å². The number of H-pyrrole nitrogens is 1. The molecule has 0 saturated heterocycles. The van der Waals surface area contributed by atoms with E-state index in [1.165, 1.54) is 0 Å². The summed E-state index contributed by atoms with van der Waals surface area (Å²) in [6.45, 7) is 4.30. The van der Waals surface area contributed by atoms with Crippen LogP contribution in [0.4, 0.5) is 5.69 Å². The average molecular weight is 364 g/mol. The molecule has 27 heavy (non-hydrogen) atoms. The average Bonchev–Trinajstić information content (AvgIpc) is 3.14. The number of rotatable bonds is 7. The van der Waals surface area contributed by atoms with E-state index in [0.717, 1.165) is 34.1 Å². The number of amides is 2. The molecule has 3 N–H and O–H groups in total. The number of carbonyl (C=O) groups excluding carboxylic acids is 2. The number of aromatic amines is 1. The largest absolute Gasteiger partial charge is 0.352 e. The van der Waals surface area contributed by atoms with Crippen LogP contribution in [0.25, 0.3) is 10.9 Å². The van der Waals surface area contributed by atoms with Gasteiger partial charge >= 0.3 is 0 Å². The van der Waals surface area contributed by atoms with Crippen molar-refractivity contribution in [3.05, 3.63) is 59.8 Å². The van der Waals surface area contributed by atoms with E-state index in [1.807, 2.05) is 56.3 Å². The lowest BCUT2D eigenvalue weighted by molar-refractivity contribution is -0.121. The summed E-state index contributed by atoms with van der Waals surface area (Å²) in [5.41, 5.74) is 3.54. The number of hydrogen-bond donors (Lipinski definition) is 3. The molecule has 1 aromatic heterocycles. The number of benzene rings is 2. The van der Waals surface area contributed by atoms with Gasteiger partial charge < -0.3 is 10.6 Å². The first-order chi connectivity index (χ1) is 13.0. The fourth-order valence-electron chi connectivity index (χ4n) is 2.75. The van der Waals surface area contributed by atoms with Crippen LogP contribution in [-0.4, -0.2) is 22.0 Å². The van der Waals surface area contributed by atoms with Crippen LogP contribution in [0.5, 0.6) is 0 Å². The molecule has 0 fully saturated rings. The zero-order valence-corrected chi connectivity index (χ0v) is 15.6. The van der Waals surface area contributed by atoms with Crippen LogP contribution >= 0.6 is 0 Å². The maximum absolute atomic E-state index is 12.2. The first-order valence-corrected chi connectivity index (χ1v) is 9.13. The van der Waals surface area contributed by atoms with Crippen molar-refractivity contribution in [1.82, 2.24) is 15.5 Å². The summed E-state index contributed by atoms with van der Waals surface area (Å²) in [6, 6.07) is 13.4. The maximum atomic E-state index is 12.2. The summed E-state index contributed by atoms with van der Waals surface area (Å²) in [5, 5.41) is 13.8. The molecule has 1 unspecified atom stereocenters. The number of fused-ring (bicyclic) bond motifs is 1. The first-order valence-electron chi connectivity index (χ1n) is 9.13. The molecule has 2 amide bonds. The quantitative estimate of drug-likeness (QED) is 0.600. The summed E-state index contributed by atoms with van der Waals surface area (Å²) >= 11 is 0. The Bertz CT molecular complexity index is 948. The lowest BCUT2D eigenvalue weighted by Gasteiger charge is -2.11.